The predicted molar refractivity (Wildman–Crippen MR) is 77.2 cm³/mol. The third-order valence-corrected chi connectivity index (χ3v) is 3.85. The number of aromatic nitrogens is 1. The summed E-state index contributed by atoms with van der Waals surface area (Å²) in [6.45, 7) is 12.0. The second-order valence-electron chi connectivity index (χ2n) is 5.43. The minimum atomic E-state index is 0.181. The molecule has 0 radical (unpaired) electrons. The lowest BCUT2D eigenvalue weighted by atomic mass is 9.84. The molecule has 0 bridgehead atoms. The van der Waals surface area contributed by atoms with E-state index in [0.29, 0.717) is 0 Å². The van der Waals surface area contributed by atoms with Crippen LogP contribution in [0.2, 0.25) is 0 Å². The lowest BCUT2D eigenvalue weighted by Crippen LogP contribution is -2.12. The Labute approximate surface area is 107 Å². The smallest absolute Gasteiger partial charge is 0.183 e. The van der Waals surface area contributed by atoms with E-state index in [9.17, 15) is 0 Å². The highest BCUT2D eigenvalue weighted by atomic mass is 32.1. The maximum absolute atomic E-state index is 4.63. The van der Waals surface area contributed by atoms with Gasteiger partial charge in [0.25, 0.3) is 0 Å². The zero-order valence-corrected chi connectivity index (χ0v) is 12.0. The molecule has 0 aliphatic rings. The van der Waals surface area contributed by atoms with Gasteiger partial charge >= 0.3 is 0 Å². The minimum Gasteiger partial charge on any atom is -0.362 e. The van der Waals surface area contributed by atoms with Gasteiger partial charge in [-0.1, -0.05) is 32.1 Å². The normalized spacial score (nSPS) is 12.1. The fraction of sp³-hybridized carbons (Fsp3) is 0.500. The van der Waals surface area contributed by atoms with Crippen molar-refractivity contribution in [2.24, 2.45) is 0 Å². The zero-order chi connectivity index (χ0) is 12.6. The summed E-state index contributed by atoms with van der Waals surface area (Å²) in [6, 6.07) is 4.50. The van der Waals surface area contributed by atoms with E-state index in [2.05, 4.69) is 57.1 Å². The third kappa shape index (κ3) is 2.44. The Bertz CT molecular complexity index is 535. The number of fused-ring (bicyclic) bond motifs is 1. The first-order valence-electron chi connectivity index (χ1n) is 6.07. The van der Waals surface area contributed by atoms with Crippen molar-refractivity contribution in [3.8, 4) is 0 Å². The van der Waals surface area contributed by atoms with Gasteiger partial charge in [-0.3, -0.25) is 0 Å². The summed E-state index contributed by atoms with van der Waals surface area (Å²) in [5.41, 5.74) is 4.04. The molecule has 1 N–H and O–H groups in total. The second-order valence-corrected chi connectivity index (χ2v) is 6.46. The maximum atomic E-state index is 4.63. The molecule has 17 heavy (non-hydrogen) atoms. The summed E-state index contributed by atoms with van der Waals surface area (Å²) < 4.78 is 1.27. The number of hydrogen-bond acceptors (Lipinski definition) is 3. The van der Waals surface area contributed by atoms with Crippen molar-refractivity contribution >= 4 is 26.7 Å². The van der Waals surface area contributed by atoms with Gasteiger partial charge in [0, 0.05) is 6.54 Å². The fourth-order valence-electron chi connectivity index (χ4n) is 2.11. The highest BCUT2D eigenvalue weighted by Gasteiger charge is 2.18. The lowest BCUT2D eigenvalue weighted by molar-refractivity contribution is 0.587. The third-order valence-electron chi connectivity index (χ3n) is 2.87. The van der Waals surface area contributed by atoms with Crippen molar-refractivity contribution in [2.45, 2.75) is 40.0 Å². The Morgan fingerprint density at radius 1 is 1.29 bits per heavy atom. The van der Waals surface area contributed by atoms with Gasteiger partial charge in [0.15, 0.2) is 5.13 Å². The average Bonchev–Trinajstić information content (AvgIpc) is 2.57. The average molecular weight is 248 g/mol. The first kappa shape index (κ1) is 12.4. The van der Waals surface area contributed by atoms with Crippen LogP contribution in [0, 0.1) is 6.92 Å². The molecule has 0 fully saturated rings. The van der Waals surface area contributed by atoms with Crippen LogP contribution in [-0.2, 0) is 5.41 Å². The first-order valence-corrected chi connectivity index (χ1v) is 6.89. The number of nitrogens with zero attached hydrogens (tertiary/aromatic N) is 1. The van der Waals surface area contributed by atoms with Gasteiger partial charge in [-0.25, -0.2) is 4.98 Å². The number of thiazole rings is 1. The second kappa shape index (κ2) is 4.30. The van der Waals surface area contributed by atoms with Gasteiger partial charge in [-0.15, -0.1) is 0 Å². The van der Waals surface area contributed by atoms with Crippen LogP contribution >= 0.6 is 11.3 Å². The number of rotatable bonds is 2. The lowest BCUT2D eigenvalue weighted by Gasteiger charge is -2.21. The minimum absolute atomic E-state index is 0.181. The Morgan fingerprint density at radius 2 is 2.00 bits per heavy atom. The standard InChI is InChI=1S/C14H20N2S/c1-6-15-13-16-11-8-10(14(3,4)5)9(2)7-12(11)17-13/h7-8H,6H2,1-5H3,(H,15,16). The Balaban J connectivity index is 2.56. The molecule has 0 atom stereocenters. The molecule has 2 aromatic rings. The van der Waals surface area contributed by atoms with Gasteiger partial charge in [-0.05, 0) is 42.5 Å². The van der Waals surface area contributed by atoms with Gasteiger partial charge < -0.3 is 5.32 Å². The van der Waals surface area contributed by atoms with Crippen LogP contribution in [0.4, 0.5) is 5.13 Å². The van der Waals surface area contributed by atoms with Crippen LogP contribution in [0.15, 0.2) is 12.1 Å². The van der Waals surface area contributed by atoms with E-state index in [-0.39, 0.29) is 5.41 Å². The highest BCUT2D eigenvalue weighted by molar-refractivity contribution is 7.22. The van der Waals surface area contributed by atoms with E-state index < -0.39 is 0 Å². The van der Waals surface area contributed by atoms with Gasteiger partial charge in [0.1, 0.15) is 0 Å². The molecule has 0 amide bonds. The van der Waals surface area contributed by atoms with Crippen LogP contribution in [0.5, 0.6) is 0 Å². The summed E-state index contributed by atoms with van der Waals surface area (Å²) in [7, 11) is 0. The van der Waals surface area contributed by atoms with E-state index in [4.69, 9.17) is 0 Å². The van der Waals surface area contributed by atoms with Crippen molar-refractivity contribution in [3.63, 3.8) is 0 Å². The van der Waals surface area contributed by atoms with Crippen molar-refractivity contribution in [1.29, 1.82) is 0 Å². The molecule has 0 aliphatic heterocycles. The molecule has 0 saturated heterocycles. The van der Waals surface area contributed by atoms with Crippen molar-refractivity contribution in [1.82, 2.24) is 4.98 Å². The van der Waals surface area contributed by atoms with Crippen LogP contribution in [0.1, 0.15) is 38.8 Å². The number of aryl methyl sites for hydroxylation is 1. The number of anilines is 1. The highest BCUT2D eigenvalue weighted by Crippen LogP contribution is 2.33. The van der Waals surface area contributed by atoms with E-state index in [1.165, 1.54) is 15.8 Å². The van der Waals surface area contributed by atoms with Gasteiger partial charge in [-0.2, -0.15) is 0 Å². The summed E-state index contributed by atoms with van der Waals surface area (Å²) in [5, 5.41) is 4.30. The summed E-state index contributed by atoms with van der Waals surface area (Å²) in [5.74, 6) is 0. The number of hydrogen-bond donors (Lipinski definition) is 1. The molecule has 0 spiro atoms. The van der Waals surface area contributed by atoms with Crippen molar-refractivity contribution in [2.75, 3.05) is 11.9 Å². The van der Waals surface area contributed by atoms with Crippen LogP contribution in [0.25, 0.3) is 10.2 Å². The van der Waals surface area contributed by atoms with Crippen LogP contribution in [0.3, 0.4) is 0 Å². The summed E-state index contributed by atoms with van der Waals surface area (Å²) >= 11 is 1.73. The molecule has 1 aromatic heterocycles. The number of nitrogens with one attached hydrogen (secondary N) is 1. The van der Waals surface area contributed by atoms with Crippen LogP contribution < -0.4 is 5.32 Å². The maximum Gasteiger partial charge on any atom is 0.183 e. The molecule has 1 heterocycles. The molecule has 3 heteroatoms. The SMILES string of the molecule is CCNc1nc2cc(C(C)(C)C)c(C)cc2s1. The molecule has 92 valence electrons. The van der Waals surface area contributed by atoms with Gasteiger partial charge in [0.05, 0.1) is 10.2 Å². The topological polar surface area (TPSA) is 24.9 Å². The molecular weight excluding hydrogens is 228 g/mol. The van der Waals surface area contributed by atoms with Crippen molar-refractivity contribution in [3.05, 3.63) is 23.3 Å². The molecule has 0 saturated carbocycles. The summed E-state index contributed by atoms with van der Waals surface area (Å²) in [6.07, 6.45) is 0. The molecule has 1 aromatic carbocycles. The Hall–Kier alpha value is -1.09. The Morgan fingerprint density at radius 3 is 2.59 bits per heavy atom. The summed E-state index contributed by atoms with van der Waals surface area (Å²) in [4.78, 5) is 4.63. The van der Waals surface area contributed by atoms with Crippen molar-refractivity contribution < 1.29 is 0 Å². The van der Waals surface area contributed by atoms with Gasteiger partial charge in [0.2, 0.25) is 0 Å². The quantitative estimate of drug-likeness (QED) is 0.855. The van der Waals surface area contributed by atoms with E-state index in [0.717, 1.165) is 17.2 Å². The first-order chi connectivity index (χ1) is 7.91. The van der Waals surface area contributed by atoms with E-state index in [1.807, 2.05) is 0 Å². The molecule has 0 aliphatic carbocycles. The molecular formula is C14H20N2S. The molecule has 2 nitrogen and oxygen atoms in total. The molecule has 0 unspecified atom stereocenters. The van der Waals surface area contributed by atoms with E-state index >= 15 is 0 Å². The zero-order valence-electron chi connectivity index (χ0n) is 11.2. The monoisotopic (exact) mass is 248 g/mol. The van der Waals surface area contributed by atoms with Crippen LogP contribution in [-0.4, -0.2) is 11.5 Å². The largest absolute Gasteiger partial charge is 0.362 e. The Kier molecular flexibility index (Phi) is 3.13. The molecule has 2 rings (SSSR count). The fourth-order valence-corrected chi connectivity index (χ4v) is 3.12. The van der Waals surface area contributed by atoms with E-state index in [1.54, 1.807) is 11.3 Å². The predicted octanol–water partition coefficient (Wildman–Crippen LogP) is 4.33. The number of benzene rings is 1.